The highest BCUT2D eigenvalue weighted by Crippen LogP contribution is 2.37. The van der Waals surface area contributed by atoms with E-state index in [1.807, 2.05) is 0 Å². The molecule has 6 nitrogen and oxygen atoms in total. The van der Waals surface area contributed by atoms with Crippen molar-refractivity contribution < 1.29 is 27.4 Å². The Labute approximate surface area is 136 Å². The van der Waals surface area contributed by atoms with Gasteiger partial charge < -0.3 is 9.47 Å². The molecule has 2 aliphatic heterocycles. The first-order chi connectivity index (χ1) is 11.4. The molecule has 9 heteroatoms. The van der Waals surface area contributed by atoms with Crippen LogP contribution in [0.15, 0.2) is 23.2 Å². The molecule has 1 saturated heterocycles. The van der Waals surface area contributed by atoms with E-state index in [9.17, 15) is 18.0 Å². The average molecular weight is 343 g/mol. The Hall–Kier alpha value is -2.29. The summed E-state index contributed by atoms with van der Waals surface area (Å²) in [6.45, 7) is 0.551. The molecule has 2 heterocycles. The number of halogens is 3. The van der Waals surface area contributed by atoms with Crippen LogP contribution in [0.3, 0.4) is 0 Å². The molecule has 24 heavy (non-hydrogen) atoms. The van der Waals surface area contributed by atoms with E-state index in [-0.39, 0.29) is 42.3 Å². The lowest BCUT2D eigenvalue weighted by Gasteiger charge is -2.19. The topological polar surface area (TPSA) is 72.0 Å². The summed E-state index contributed by atoms with van der Waals surface area (Å²) >= 11 is 0. The van der Waals surface area contributed by atoms with Gasteiger partial charge in [0.2, 0.25) is 0 Å². The monoisotopic (exact) mass is 343 g/mol. The van der Waals surface area contributed by atoms with Crippen molar-refractivity contribution >= 4 is 11.7 Å². The minimum atomic E-state index is -4.57. The highest BCUT2D eigenvalue weighted by molar-refractivity contribution is 6.02. The fourth-order valence-corrected chi connectivity index (χ4v) is 2.51. The van der Waals surface area contributed by atoms with Crippen molar-refractivity contribution in [1.29, 1.82) is 0 Å². The largest absolute Gasteiger partial charge is 0.490 e. The second-order valence-corrected chi connectivity index (χ2v) is 5.49. The molecule has 0 aromatic heterocycles. The van der Waals surface area contributed by atoms with Crippen molar-refractivity contribution in [2.75, 3.05) is 19.8 Å². The Morgan fingerprint density at radius 3 is 2.79 bits per heavy atom. The van der Waals surface area contributed by atoms with Crippen LogP contribution in [0.5, 0.6) is 5.75 Å². The number of hydrogen-bond acceptors (Lipinski definition) is 5. The SMILES string of the molecule is O=C1CN=C(c2ccc(OC[C@@H]3CCCO3)c(C(F)(F)F)c2)NN1. The molecule has 1 fully saturated rings. The van der Waals surface area contributed by atoms with Gasteiger partial charge in [-0.05, 0) is 31.0 Å². The molecule has 0 aliphatic carbocycles. The number of rotatable bonds is 4. The van der Waals surface area contributed by atoms with Crippen LogP contribution in [0.4, 0.5) is 13.2 Å². The van der Waals surface area contributed by atoms with Crippen LogP contribution < -0.4 is 15.6 Å². The molecular weight excluding hydrogens is 327 g/mol. The van der Waals surface area contributed by atoms with Gasteiger partial charge >= 0.3 is 6.18 Å². The zero-order chi connectivity index (χ0) is 17.2. The third kappa shape index (κ3) is 3.78. The molecule has 0 saturated carbocycles. The third-order valence-corrected chi connectivity index (χ3v) is 3.71. The van der Waals surface area contributed by atoms with Gasteiger partial charge in [-0.1, -0.05) is 0 Å². The number of amidine groups is 1. The Bertz CT molecular complexity index is 655. The van der Waals surface area contributed by atoms with Crippen LogP contribution in [0, 0.1) is 0 Å². The highest BCUT2D eigenvalue weighted by atomic mass is 19.4. The molecule has 0 spiro atoms. The maximum atomic E-state index is 13.3. The van der Waals surface area contributed by atoms with Crippen LogP contribution in [0.2, 0.25) is 0 Å². The van der Waals surface area contributed by atoms with Gasteiger partial charge in [0.1, 0.15) is 24.7 Å². The van der Waals surface area contributed by atoms with Crippen molar-refractivity contribution in [2.24, 2.45) is 4.99 Å². The number of amides is 1. The lowest BCUT2D eigenvalue weighted by Crippen LogP contribution is -2.47. The third-order valence-electron chi connectivity index (χ3n) is 3.71. The molecule has 0 bridgehead atoms. The number of aliphatic imine (C=N–C) groups is 1. The van der Waals surface area contributed by atoms with Crippen LogP contribution in [-0.2, 0) is 15.7 Å². The van der Waals surface area contributed by atoms with E-state index in [0.717, 1.165) is 18.9 Å². The smallest absolute Gasteiger partial charge is 0.419 e. The number of ether oxygens (including phenoxy) is 2. The first kappa shape index (κ1) is 16.6. The molecular formula is C15H16F3N3O3. The Balaban J connectivity index is 1.82. The summed E-state index contributed by atoms with van der Waals surface area (Å²) in [4.78, 5) is 14.9. The van der Waals surface area contributed by atoms with E-state index < -0.39 is 11.7 Å². The summed E-state index contributed by atoms with van der Waals surface area (Å²) < 4.78 is 50.6. The quantitative estimate of drug-likeness (QED) is 0.872. The maximum absolute atomic E-state index is 13.3. The molecule has 0 unspecified atom stereocenters. The zero-order valence-corrected chi connectivity index (χ0v) is 12.7. The van der Waals surface area contributed by atoms with Crippen molar-refractivity contribution in [3.63, 3.8) is 0 Å². The van der Waals surface area contributed by atoms with Crippen molar-refractivity contribution in [3.8, 4) is 5.75 Å². The Morgan fingerprint density at radius 1 is 1.33 bits per heavy atom. The van der Waals surface area contributed by atoms with Gasteiger partial charge in [0, 0.05) is 12.2 Å². The Morgan fingerprint density at radius 2 is 2.17 bits per heavy atom. The van der Waals surface area contributed by atoms with E-state index in [0.29, 0.717) is 6.61 Å². The molecule has 1 atom stereocenters. The zero-order valence-electron chi connectivity index (χ0n) is 12.7. The van der Waals surface area contributed by atoms with Gasteiger partial charge in [-0.2, -0.15) is 13.2 Å². The minimum Gasteiger partial charge on any atom is -0.490 e. The van der Waals surface area contributed by atoms with Crippen LogP contribution in [0.25, 0.3) is 0 Å². The van der Waals surface area contributed by atoms with Gasteiger partial charge in [0.05, 0.1) is 11.7 Å². The van der Waals surface area contributed by atoms with E-state index >= 15 is 0 Å². The molecule has 0 radical (unpaired) electrons. The van der Waals surface area contributed by atoms with E-state index in [1.165, 1.54) is 12.1 Å². The molecule has 3 rings (SSSR count). The Kier molecular flexibility index (Phi) is 4.61. The lowest BCUT2D eigenvalue weighted by molar-refractivity contribution is -0.139. The van der Waals surface area contributed by atoms with Gasteiger partial charge in [-0.15, -0.1) is 0 Å². The summed E-state index contributed by atoms with van der Waals surface area (Å²) in [5.41, 5.74) is 4.12. The molecule has 2 N–H and O–H groups in total. The molecule has 1 amide bonds. The summed E-state index contributed by atoms with van der Waals surface area (Å²) in [5, 5.41) is 0. The minimum absolute atomic E-state index is 0.0810. The number of benzene rings is 1. The standard InChI is InChI=1S/C15H16F3N3O3/c16-15(17,18)11-6-9(14-19-7-13(22)20-21-14)3-4-12(11)24-8-10-2-1-5-23-10/h3-4,6,10H,1-2,5,7-8H2,(H,19,21)(H,20,22)/t10-/m0/s1. The number of nitrogens with zero attached hydrogens (tertiary/aromatic N) is 1. The number of hydrazine groups is 1. The number of nitrogens with one attached hydrogen (secondary N) is 2. The van der Waals surface area contributed by atoms with Gasteiger partial charge in [-0.25, -0.2) is 0 Å². The summed E-state index contributed by atoms with van der Waals surface area (Å²) in [6, 6.07) is 3.67. The van der Waals surface area contributed by atoms with Crippen LogP contribution >= 0.6 is 0 Å². The van der Waals surface area contributed by atoms with E-state index in [4.69, 9.17) is 9.47 Å². The second-order valence-electron chi connectivity index (χ2n) is 5.49. The number of alkyl halides is 3. The number of carbonyl (C=O) groups is 1. The summed E-state index contributed by atoms with van der Waals surface area (Å²) in [7, 11) is 0. The molecule has 2 aliphatic rings. The molecule has 1 aromatic carbocycles. The fourth-order valence-electron chi connectivity index (χ4n) is 2.51. The van der Waals surface area contributed by atoms with E-state index in [2.05, 4.69) is 15.8 Å². The lowest BCUT2D eigenvalue weighted by atomic mass is 10.1. The van der Waals surface area contributed by atoms with E-state index in [1.54, 1.807) is 0 Å². The fraction of sp³-hybridized carbons (Fsp3) is 0.467. The predicted molar refractivity (Wildman–Crippen MR) is 78.6 cm³/mol. The normalized spacial score (nSPS) is 21.0. The first-order valence-electron chi connectivity index (χ1n) is 7.49. The highest BCUT2D eigenvalue weighted by Gasteiger charge is 2.35. The van der Waals surface area contributed by atoms with Crippen molar-refractivity contribution in [1.82, 2.24) is 10.9 Å². The average Bonchev–Trinajstić information content (AvgIpc) is 3.06. The van der Waals surface area contributed by atoms with Crippen molar-refractivity contribution in [2.45, 2.75) is 25.1 Å². The number of carbonyl (C=O) groups excluding carboxylic acids is 1. The van der Waals surface area contributed by atoms with Crippen molar-refractivity contribution in [3.05, 3.63) is 29.3 Å². The van der Waals surface area contributed by atoms with Crippen LogP contribution in [0.1, 0.15) is 24.0 Å². The summed E-state index contributed by atoms with van der Waals surface area (Å²) in [6.07, 6.45) is -3.08. The molecule has 130 valence electrons. The first-order valence-corrected chi connectivity index (χ1v) is 7.49. The predicted octanol–water partition coefficient (Wildman–Crippen LogP) is 1.64. The van der Waals surface area contributed by atoms with Gasteiger partial charge in [-0.3, -0.25) is 20.6 Å². The van der Waals surface area contributed by atoms with Gasteiger partial charge in [0.15, 0.2) is 0 Å². The molecule has 1 aromatic rings. The number of hydrogen-bond donors (Lipinski definition) is 2. The summed E-state index contributed by atoms with van der Waals surface area (Å²) in [5.74, 6) is -0.431. The van der Waals surface area contributed by atoms with Crippen LogP contribution in [-0.4, -0.2) is 37.6 Å². The maximum Gasteiger partial charge on any atom is 0.419 e. The van der Waals surface area contributed by atoms with Gasteiger partial charge in [0.25, 0.3) is 5.91 Å². The second kappa shape index (κ2) is 6.68.